The van der Waals surface area contributed by atoms with Crippen LogP contribution in [0.1, 0.15) is 36.1 Å². The van der Waals surface area contributed by atoms with Crippen LogP contribution in [0.4, 0.5) is 0 Å². The van der Waals surface area contributed by atoms with Gasteiger partial charge in [-0.05, 0) is 49.1 Å². The second kappa shape index (κ2) is 7.92. The Hall–Kier alpha value is -2.66. The van der Waals surface area contributed by atoms with Gasteiger partial charge in [0, 0.05) is 24.9 Å². The van der Waals surface area contributed by atoms with Gasteiger partial charge in [-0.25, -0.2) is 0 Å². The summed E-state index contributed by atoms with van der Waals surface area (Å²) in [4.78, 5) is 18.1. The molecule has 0 spiro atoms. The zero-order valence-corrected chi connectivity index (χ0v) is 15.3. The molecule has 1 fully saturated rings. The van der Waals surface area contributed by atoms with E-state index in [1.165, 1.54) is 0 Å². The Morgan fingerprint density at radius 1 is 1.30 bits per heavy atom. The first-order valence-electron chi connectivity index (χ1n) is 9.54. The van der Waals surface area contributed by atoms with Crippen molar-refractivity contribution in [3.63, 3.8) is 0 Å². The molecule has 2 aliphatic rings. The summed E-state index contributed by atoms with van der Waals surface area (Å²) in [5.41, 5.74) is 4.30. The molecule has 0 bridgehead atoms. The van der Waals surface area contributed by atoms with Crippen molar-refractivity contribution >= 4 is 11.5 Å². The van der Waals surface area contributed by atoms with Gasteiger partial charge in [0.2, 0.25) is 0 Å². The maximum atomic E-state index is 11.3. The Kier molecular flexibility index (Phi) is 5.21. The molecule has 5 heteroatoms. The summed E-state index contributed by atoms with van der Waals surface area (Å²) in [6, 6.07) is 12.1. The van der Waals surface area contributed by atoms with E-state index < -0.39 is 5.97 Å². The van der Waals surface area contributed by atoms with E-state index >= 15 is 0 Å². The first kappa shape index (κ1) is 17.7. The van der Waals surface area contributed by atoms with Crippen LogP contribution >= 0.6 is 0 Å². The van der Waals surface area contributed by atoms with Gasteiger partial charge >= 0.3 is 5.97 Å². The first-order valence-corrected chi connectivity index (χ1v) is 9.54. The van der Waals surface area contributed by atoms with E-state index in [4.69, 9.17) is 4.74 Å². The Morgan fingerprint density at radius 2 is 2.19 bits per heavy atom. The molecule has 3 heterocycles. The average Bonchev–Trinajstić information content (AvgIpc) is 2.86. The number of rotatable bonds is 4. The molecule has 1 N–H and O–H groups in total. The summed E-state index contributed by atoms with van der Waals surface area (Å²) < 4.78 is 5.96. The van der Waals surface area contributed by atoms with Crippen LogP contribution in [-0.4, -0.2) is 40.6 Å². The van der Waals surface area contributed by atoms with E-state index in [0.717, 1.165) is 60.5 Å². The second-order valence-corrected chi connectivity index (χ2v) is 7.18. The van der Waals surface area contributed by atoms with Crippen molar-refractivity contribution in [1.82, 2.24) is 9.88 Å². The number of likely N-dealkylation sites (tertiary alicyclic amines) is 1. The summed E-state index contributed by atoms with van der Waals surface area (Å²) >= 11 is 0. The number of fused-ring (bicyclic) bond motifs is 2. The van der Waals surface area contributed by atoms with Crippen LogP contribution in [0, 0.1) is 5.92 Å². The third-order valence-electron chi connectivity index (χ3n) is 5.37. The molecule has 1 aromatic carbocycles. The van der Waals surface area contributed by atoms with Gasteiger partial charge in [-0.2, -0.15) is 0 Å². The summed E-state index contributed by atoms with van der Waals surface area (Å²) in [5.74, 6) is -0.101. The summed E-state index contributed by atoms with van der Waals surface area (Å²) in [7, 11) is 0. The van der Waals surface area contributed by atoms with Gasteiger partial charge < -0.3 is 14.7 Å². The average molecular weight is 364 g/mol. The van der Waals surface area contributed by atoms with Crippen molar-refractivity contribution < 1.29 is 14.6 Å². The maximum Gasteiger partial charge on any atom is 0.307 e. The number of benzene rings is 1. The van der Waals surface area contributed by atoms with Crippen LogP contribution in [0.3, 0.4) is 0 Å². The number of carbonyl (C=O) groups is 1. The maximum absolute atomic E-state index is 11.3. The zero-order chi connectivity index (χ0) is 18.6. The lowest BCUT2D eigenvalue weighted by atomic mass is 9.96. The van der Waals surface area contributed by atoms with Crippen molar-refractivity contribution in [1.29, 1.82) is 0 Å². The van der Waals surface area contributed by atoms with Crippen molar-refractivity contribution in [2.45, 2.75) is 25.9 Å². The Balaban J connectivity index is 1.56. The molecule has 1 atom stereocenters. The van der Waals surface area contributed by atoms with E-state index in [1.54, 1.807) is 6.20 Å². The van der Waals surface area contributed by atoms with E-state index in [-0.39, 0.29) is 5.92 Å². The number of carboxylic acids is 1. The van der Waals surface area contributed by atoms with Crippen LogP contribution in [0.5, 0.6) is 5.75 Å². The van der Waals surface area contributed by atoms with Crippen molar-refractivity contribution in [2.75, 3.05) is 19.6 Å². The number of aliphatic carboxylic acids is 1. The van der Waals surface area contributed by atoms with Crippen molar-refractivity contribution in [3.8, 4) is 5.75 Å². The molecule has 0 saturated carbocycles. The second-order valence-electron chi connectivity index (χ2n) is 7.18. The fourth-order valence-corrected chi connectivity index (χ4v) is 3.96. The predicted octanol–water partition coefficient (Wildman–Crippen LogP) is 3.59. The van der Waals surface area contributed by atoms with Gasteiger partial charge in [0.05, 0.1) is 5.92 Å². The first-order chi connectivity index (χ1) is 13.2. The van der Waals surface area contributed by atoms with Gasteiger partial charge in [-0.1, -0.05) is 30.3 Å². The molecule has 1 saturated heterocycles. The van der Waals surface area contributed by atoms with Crippen LogP contribution in [-0.2, 0) is 11.4 Å². The lowest BCUT2D eigenvalue weighted by Crippen LogP contribution is -2.39. The highest BCUT2D eigenvalue weighted by Gasteiger charge is 2.25. The van der Waals surface area contributed by atoms with Gasteiger partial charge in [0.15, 0.2) is 0 Å². The molecule has 27 heavy (non-hydrogen) atoms. The van der Waals surface area contributed by atoms with Crippen LogP contribution in [0.25, 0.3) is 5.57 Å². The van der Waals surface area contributed by atoms with Crippen LogP contribution in [0.2, 0.25) is 0 Å². The summed E-state index contributed by atoms with van der Waals surface area (Å²) in [6.45, 7) is 3.02. The molecule has 4 rings (SSSR count). The number of nitrogens with zero attached hydrogens (tertiary/aromatic N) is 2. The molecular formula is C22H24N2O3. The molecule has 5 nitrogen and oxygen atoms in total. The third-order valence-corrected chi connectivity index (χ3v) is 5.37. The predicted molar refractivity (Wildman–Crippen MR) is 104 cm³/mol. The van der Waals surface area contributed by atoms with Gasteiger partial charge in [-0.15, -0.1) is 0 Å². The normalized spacial score (nSPS) is 21.0. The van der Waals surface area contributed by atoms with E-state index in [0.29, 0.717) is 13.2 Å². The fourth-order valence-electron chi connectivity index (χ4n) is 3.96. The molecule has 140 valence electrons. The molecule has 0 radical (unpaired) electrons. The summed E-state index contributed by atoms with van der Waals surface area (Å²) in [6.07, 6.45) is 6.62. The monoisotopic (exact) mass is 364 g/mol. The molecule has 1 aromatic heterocycles. The van der Waals surface area contributed by atoms with Crippen molar-refractivity contribution in [2.24, 2.45) is 5.92 Å². The van der Waals surface area contributed by atoms with E-state index in [9.17, 15) is 9.90 Å². The quantitative estimate of drug-likeness (QED) is 0.898. The lowest BCUT2D eigenvalue weighted by Gasteiger charge is -2.30. The molecule has 0 aliphatic carbocycles. The Labute approximate surface area is 159 Å². The van der Waals surface area contributed by atoms with Gasteiger partial charge in [-0.3, -0.25) is 9.78 Å². The standard InChI is InChI=1S/C22H24N2O3/c25-22(26)16-7-4-12-24(14-16)13-5-9-19-18-8-2-1-6-17(18)15-27-20-10-3-11-23-21(19)20/h1-3,6,8-11,16H,4-5,7,12-15H2,(H,25,26). The molecule has 0 amide bonds. The SMILES string of the molecule is O=C(O)C1CCCN(CCC=C2c3ccccc3COc3cccnc32)C1. The largest absolute Gasteiger partial charge is 0.487 e. The fraction of sp³-hybridized carbons (Fsp3) is 0.364. The number of piperidine rings is 1. The number of carboxylic acid groups (broad SMARTS) is 1. The van der Waals surface area contributed by atoms with Crippen LogP contribution < -0.4 is 4.74 Å². The smallest absolute Gasteiger partial charge is 0.307 e. The molecule has 2 aromatic rings. The third kappa shape index (κ3) is 3.88. The highest BCUT2D eigenvalue weighted by Crippen LogP contribution is 2.35. The highest BCUT2D eigenvalue weighted by atomic mass is 16.5. The van der Waals surface area contributed by atoms with Crippen LogP contribution in [0.15, 0.2) is 48.7 Å². The minimum Gasteiger partial charge on any atom is -0.487 e. The van der Waals surface area contributed by atoms with Gasteiger partial charge in [0.25, 0.3) is 0 Å². The molecular weight excluding hydrogens is 340 g/mol. The minimum absolute atomic E-state index is 0.235. The summed E-state index contributed by atoms with van der Waals surface area (Å²) in [5, 5.41) is 9.27. The molecule has 1 unspecified atom stereocenters. The minimum atomic E-state index is -0.675. The van der Waals surface area contributed by atoms with E-state index in [1.807, 2.05) is 24.3 Å². The highest BCUT2D eigenvalue weighted by molar-refractivity contribution is 5.83. The lowest BCUT2D eigenvalue weighted by molar-refractivity contribution is -0.143. The number of hydrogen-bond donors (Lipinski definition) is 1. The Bertz CT molecular complexity index is 813. The van der Waals surface area contributed by atoms with Crippen molar-refractivity contribution in [3.05, 3.63) is 65.5 Å². The topological polar surface area (TPSA) is 62.7 Å². The number of pyridine rings is 1. The van der Waals surface area contributed by atoms with E-state index in [2.05, 4.69) is 28.1 Å². The number of hydrogen-bond acceptors (Lipinski definition) is 4. The van der Waals surface area contributed by atoms with Gasteiger partial charge in [0.1, 0.15) is 18.1 Å². The Morgan fingerprint density at radius 3 is 3.07 bits per heavy atom. The number of ether oxygens (including phenoxy) is 1. The molecule has 2 aliphatic heterocycles. The zero-order valence-electron chi connectivity index (χ0n) is 15.3. The number of aromatic nitrogens is 1.